The van der Waals surface area contributed by atoms with Gasteiger partial charge in [0, 0.05) is 6.54 Å². The normalized spacial score (nSPS) is 16.6. The molecule has 2 atom stereocenters. The molecular formula is C26H28N2O4. The standard InChI is InChI=1S/C26H28N2O4/c1-30-23-15-19-13-14-28(25(26(27)29)18-9-5-3-6-10-18)22(21(19)16-24(23)31-2)17-32-20-11-7-4-8-12-20/h3-12,15-16,22,25H,13-14,17H2,1-2H3,(H2,27,29). The molecule has 6 nitrogen and oxygen atoms in total. The molecule has 3 aromatic rings. The maximum Gasteiger partial charge on any atom is 0.239 e. The SMILES string of the molecule is COc1cc2c(cc1OC)C(COc1ccccc1)N(C(C(N)=O)c1ccccc1)CC2. The van der Waals surface area contributed by atoms with Crippen LogP contribution in [0.3, 0.4) is 0 Å². The molecule has 0 saturated heterocycles. The van der Waals surface area contributed by atoms with E-state index in [1.54, 1.807) is 14.2 Å². The first-order valence-corrected chi connectivity index (χ1v) is 10.6. The Balaban J connectivity index is 1.76. The van der Waals surface area contributed by atoms with Crippen LogP contribution in [-0.4, -0.2) is 38.2 Å². The molecule has 0 saturated carbocycles. The maximum absolute atomic E-state index is 12.6. The van der Waals surface area contributed by atoms with Gasteiger partial charge in [0.1, 0.15) is 18.4 Å². The topological polar surface area (TPSA) is 74.0 Å². The van der Waals surface area contributed by atoms with Crippen LogP contribution in [0.2, 0.25) is 0 Å². The van der Waals surface area contributed by atoms with Gasteiger partial charge in [-0.25, -0.2) is 0 Å². The minimum atomic E-state index is -0.568. The van der Waals surface area contributed by atoms with Crippen molar-refractivity contribution in [3.8, 4) is 17.2 Å². The number of fused-ring (bicyclic) bond motifs is 1. The average molecular weight is 433 g/mol. The zero-order chi connectivity index (χ0) is 22.5. The molecule has 166 valence electrons. The van der Waals surface area contributed by atoms with Crippen LogP contribution in [-0.2, 0) is 11.2 Å². The summed E-state index contributed by atoms with van der Waals surface area (Å²) in [4.78, 5) is 14.8. The summed E-state index contributed by atoms with van der Waals surface area (Å²) >= 11 is 0. The van der Waals surface area contributed by atoms with Crippen molar-refractivity contribution in [3.05, 3.63) is 89.5 Å². The first kappa shape index (κ1) is 21.7. The van der Waals surface area contributed by atoms with E-state index in [1.165, 1.54) is 0 Å². The third-order valence-electron chi connectivity index (χ3n) is 5.91. The molecule has 0 bridgehead atoms. The monoisotopic (exact) mass is 432 g/mol. The van der Waals surface area contributed by atoms with Gasteiger partial charge in [-0.1, -0.05) is 48.5 Å². The van der Waals surface area contributed by atoms with Gasteiger partial charge in [0.2, 0.25) is 5.91 Å². The van der Waals surface area contributed by atoms with Gasteiger partial charge in [0.05, 0.1) is 20.3 Å². The number of nitrogens with two attached hydrogens (primary N) is 1. The van der Waals surface area contributed by atoms with E-state index in [-0.39, 0.29) is 11.9 Å². The van der Waals surface area contributed by atoms with Gasteiger partial charge in [-0.15, -0.1) is 0 Å². The van der Waals surface area contributed by atoms with E-state index < -0.39 is 6.04 Å². The second-order valence-electron chi connectivity index (χ2n) is 7.75. The zero-order valence-electron chi connectivity index (χ0n) is 18.4. The Kier molecular flexibility index (Phi) is 6.61. The molecular weight excluding hydrogens is 404 g/mol. The van der Waals surface area contributed by atoms with Gasteiger partial charge in [-0.3, -0.25) is 9.69 Å². The first-order chi connectivity index (χ1) is 15.6. The summed E-state index contributed by atoms with van der Waals surface area (Å²) in [6.45, 7) is 1.02. The number of ether oxygens (including phenoxy) is 3. The summed E-state index contributed by atoms with van der Waals surface area (Å²) in [5, 5.41) is 0. The number of amides is 1. The van der Waals surface area contributed by atoms with Crippen LogP contribution in [0.15, 0.2) is 72.8 Å². The summed E-state index contributed by atoms with van der Waals surface area (Å²) in [7, 11) is 3.25. The fraction of sp³-hybridized carbons (Fsp3) is 0.269. The van der Waals surface area contributed by atoms with Crippen LogP contribution >= 0.6 is 0 Å². The molecule has 6 heteroatoms. The highest BCUT2D eigenvalue weighted by atomic mass is 16.5. The highest BCUT2D eigenvalue weighted by Gasteiger charge is 2.37. The van der Waals surface area contributed by atoms with Crippen LogP contribution in [0.4, 0.5) is 0 Å². The van der Waals surface area contributed by atoms with Gasteiger partial charge < -0.3 is 19.9 Å². The molecule has 1 amide bonds. The summed E-state index contributed by atoms with van der Waals surface area (Å²) in [5.74, 6) is 1.73. The van der Waals surface area contributed by atoms with Gasteiger partial charge in [-0.05, 0) is 47.4 Å². The van der Waals surface area contributed by atoms with Crippen LogP contribution in [0.25, 0.3) is 0 Å². The lowest BCUT2D eigenvalue weighted by atomic mass is 9.89. The van der Waals surface area contributed by atoms with Gasteiger partial charge in [0.25, 0.3) is 0 Å². The highest BCUT2D eigenvalue weighted by Crippen LogP contribution is 2.41. The van der Waals surface area contributed by atoms with E-state index in [2.05, 4.69) is 4.90 Å². The number of hydrogen-bond donors (Lipinski definition) is 1. The summed E-state index contributed by atoms with van der Waals surface area (Å²) in [5.41, 5.74) is 8.99. The molecule has 1 aliphatic rings. The predicted octanol–water partition coefficient (Wildman–Crippen LogP) is 3.91. The molecule has 0 spiro atoms. The Morgan fingerprint density at radius 1 is 1.00 bits per heavy atom. The molecule has 0 fully saturated rings. The molecule has 0 aliphatic carbocycles. The molecule has 0 radical (unpaired) electrons. The molecule has 1 heterocycles. The van der Waals surface area contributed by atoms with E-state index in [1.807, 2.05) is 72.8 Å². The van der Waals surface area contributed by atoms with Crippen molar-refractivity contribution in [2.45, 2.75) is 18.5 Å². The lowest BCUT2D eigenvalue weighted by Gasteiger charge is -2.41. The number of benzene rings is 3. The Labute approximate surface area is 188 Å². The number of carbonyl (C=O) groups is 1. The average Bonchev–Trinajstić information content (AvgIpc) is 2.83. The highest BCUT2D eigenvalue weighted by molar-refractivity contribution is 5.81. The number of hydrogen-bond acceptors (Lipinski definition) is 5. The largest absolute Gasteiger partial charge is 0.493 e. The third-order valence-corrected chi connectivity index (χ3v) is 5.91. The van der Waals surface area contributed by atoms with Gasteiger partial charge >= 0.3 is 0 Å². The fourth-order valence-electron chi connectivity index (χ4n) is 4.39. The van der Waals surface area contributed by atoms with E-state index in [4.69, 9.17) is 19.9 Å². The molecule has 2 N–H and O–H groups in total. The molecule has 1 aliphatic heterocycles. The Morgan fingerprint density at radius 3 is 2.25 bits per heavy atom. The van der Waals surface area contributed by atoms with Crippen molar-refractivity contribution >= 4 is 5.91 Å². The second-order valence-corrected chi connectivity index (χ2v) is 7.75. The predicted molar refractivity (Wildman–Crippen MR) is 123 cm³/mol. The van der Waals surface area contributed by atoms with E-state index >= 15 is 0 Å². The molecule has 32 heavy (non-hydrogen) atoms. The summed E-state index contributed by atoms with van der Waals surface area (Å²) < 4.78 is 17.2. The molecule has 4 rings (SSSR count). The van der Waals surface area contributed by atoms with E-state index in [0.29, 0.717) is 24.7 Å². The first-order valence-electron chi connectivity index (χ1n) is 10.6. The third kappa shape index (κ3) is 4.41. The van der Waals surface area contributed by atoms with Crippen LogP contribution in [0.5, 0.6) is 17.2 Å². The Bertz CT molecular complexity index is 1060. The number of rotatable bonds is 8. The van der Waals surface area contributed by atoms with Crippen molar-refractivity contribution < 1.29 is 19.0 Å². The van der Waals surface area contributed by atoms with Crippen molar-refractivity contribution in [3.63, 3.8) is 0 Å². The molecule has 0 aromatic heterocycles. The fourth-order valence-corrected chi connectivity index (χ4v) is 4.39. The van der Waals surface area contributed by atoms with Crippen molar-refractivity contribution in [2.75, 3.05) is 27.4 Å². The smallest absolute Gasteiger partial charge is 0.239 e. The van der Waals surface area contributed by atoms with Crippen molar-refractivity contribution in [1.29, 1.82) is 0 Å². The lowest BCUT2D eigenvalue weighted by Crippen LogP contribution is -2.45. The number of primary amides is 1. The minimum Gasteiger partial charge on any atom is -0.493 e. The lowest BCUT2D eigenvalue weighted by molar-refractivity contribution is -0.125. The zero-order valence-corrected chi connectivity index (χ0v) is 18.4. The number of carbonyl (C=O) groups excluding carboxylic acids is 1. The molecule has 2 unspecified atom stereocenters. The Hall–Kier alpha value is -3.51. The van der Waals surface area contributed by atoms with Crippen LogP contribution in [0, 0.1) is 0 Å². The second kappa shape index (κ2) is 9.75. The summed E-state index contributed by atoms with van der Waals surface area (Å²) in [6, 6.07) is 22.6. The molecule has 3 aromatic carbocycles. The number of methoxy groups -OCH3 is 2. The van der Waals surface area contributed by atoms with Crippen molar-refractivity contribution in [1.82, 2.24) is 4.90 Å². The quantitative estimate of drug-likeness (QED) is 0.584. The van der Waals surface area contributed by atoms with E-state index in [9.17, 15) is 4.79 Å². The maximum atomic E-state index is 12.6. The van der Waals surface area contributed by atoms with Crippen molar-refractivity contribution in [2.24, 2.45) is 5.73 Å². The van der Waals surface area contributed by atoms with Crippen LogP contribution < -0.4 is 19.9 Å². The number of nitrogens with zero attached hydrogens (tertiary/aromatic N) is 1. The van der Waals surface area contributed by atoms with Crippen LogP contribution in [0.1, 0.15) is 28.8 Å². The van der Waals surface area contributed by atoms with Gasteiger partial charge in [-0.2, -0.15) is 0 Å². The summed E-state index contributed by atoms with van der Waals surface area (Å²) in [6.07, 6.45) is 0.758. The number of para-hydroxylation sites is 1. The Morgan fingerprint density at radius 2 is 1.62 bits per heavy atom. The van der Waals surface area contributed by atoms with Gasteiger partial charge in [0.15, 0.2) is 11.5 Å². The van der Waals surface area contributed by atoms with E-state index in [0.717, 1.165) is 28.9 Å². The minimum absolute atomic E-state index is 0.198.